The van der Waals surface area contributed by atoms with Crippen LogP contribution in [0, 0.1) is 5.92 Å². The molecule has 2 heterocycles. The Labute approximate surface area is 99.4 Å². The first kappa shape index (κ1) is 11.6. The van der Waals surface area contributed by atoms with E-state index in [4.69, 9.17) is 0 Å². The summed E-state index contributed by atoms with van der Waals surface area (Å²) in [6.45, 7) is 2.79. The molecule has 1 aromatic rings. The summed E-state index contributed by atoms with van der Waals surface area (Å²) >= 11 is 0. The predicted molar refractivity (Wildman–Crippen MR) is 62.2 cm³/mol. The summed E-state index contributed by atoms with van der Waals surface area (Å²) in [5, 5.41) is 2.71. The first-order valence-corrected chi connectivity index (χ1v) is 5.72. The Balaban J connectivity index is 1.93. The largest absolute Gasteiger partial charge is 0.342 e. The van der Waals surface area contributed by atoms with E-state index in [-0.39, 0.29) is 17.7 Å². The zero-order valence-electron chi connectivity index (χ0n) is 9.77. The Morgan fingerprint density at radius 3 is 3.06 bits per heavy atom. The number of nitrogens with one attached hydrogen (secondary N) is 2. The molecule has 2 rings (SSSR count). The van der Waals surface area contributed by atoms with Crippen molar-refractivity contribution in [1.82, 2.24) is 14.9 Å². The molecule has 1 aromatic heterocycles. The summed E-state index contributed by atoms with van der Waals surface area (Å²) < 4.78 is 0. The summed E-state index contributed by atoms with van der Waals surface area (Å²) in [5.41, 5.74) is 0. The van der Waals surface area contributed by atoms with Crippen molar-refractivity contribution in [2.45, 2.75) is 19.8 Å². The molecule has 1 aliphatic rings. The normalized spacial score (nSPS) is 20.1. The molecule has 6 heteroatoms. The standard InChI is InChI=1S/C11H16N4O2/c1-8(16)15-6-2-3-9(7-15)10(17)14-11-12-4-5-13-11/h4-5,9H,2-3,6-7H2,1H3,(H2,12,13,14,17). The van der Waals surface area contributed by atoms with E-state index < -0.39 is 0 Å². The Morgan fingerprint density at radius 2 is 2.41 bits per heavy atom. The lowest BCUT2D eigenvalue weighted by Gasteiger charge is -2.31. The highest BCUT2D eigenvalue weighted by atomic mass is 16.2. The maximum atomic E-state index is 11.9. The maximum absolute atomic E-state index is 11.9. The molecule has 2 N–H and O–H groups in total. The minimum atomic E-state index is -0.141. The number of anilines is 1. The van der Waals surface area contributed by atoms with Gasteiger partial charge in [-0.05, 0) is 12.8 Å². The summed E-state index contributed by atoms with van der Waals surface area (Å²) in [6.07, 6.45) is 4.92. The Hall–Kier alpha value is -1.85. The third kappa shape index (κ3) is 2.83. The van der Waals surface area contributed by atoms with E-state index in [1.54, 1.807) is 17.3 Å². The quantitative estimate of drug-likeness (QED) is 0.789. The van der Waals surface area contributed by atoms with Gasteiger partial charge in [-0.3, -0.25) is 14.9 Å². The van der Waals surface area contributed by atoms with Crippen molar-refractivity contribution in [2.24, 2.45) is 5.92 Å². The molecule has 92 valence electrons. The summed E-state index contributed by atoms with van der Waals surface area (Å²) in [4.78, 5) is 31.7. The van der Waals surface area contributed by atoms with Gasteiger partial charge in [0.25, 0.3) is 0 Å². The van der Waals surface area contributed by atoms with Crippen LogP contribution in [0.3, 0.4) is 0 Å². The molecule has 0 aliphatic carbocycles. The fraction of sp³-hybridized carbons (Fsp3) is 0.545. The molecular weight excluding hydrogens is 220 g/mol. The SMILES string of the molecule is CC(=O)N1CCCC(C(=O)Nc2ncc[nH]2)C1. The van der Waals surface area contributed by atoms with Gasteiger partial charge in [0.05, 0.1) is 5.92 Å². The Morgan fingerprint density at radius 1 is 1.59 bits per heavy atom. The summed E-state index contributed by atoms with van der Waals surface area (Å²) in [7, 11) is 0. The van der Waals surface area contributed by atoms with Crippen molar-refractivity contribution in [1.29, 1.82) is 0 Å². The first-order chi connectivity index (χ1) is 8.16. The minimum absolute atomic E-state index is 0.0282. The predicted octanol–water partition coefficient (Wildman–Crippen LogP) is 0.607. The van der Waals surface area contributed by atoms with Crippen LogP contribution in [-0.4, -0.2) is 39.8 Å². The number of amides is 2. The maximum Gasteiger partial charge on any atom is 0.231 e. The molecule has 1 saturated heterocycles. The van der Waals surface area contributed by atoms with Gasteiger partial charge in [0.15, 0.2) is 0 Å². The number of rotatable bonds is 2. The van der Waals surface area contributed by atoms with Crippen molar-refractivity contribution in [3.8, 4) is 0 Å². The second-order valence-corrected chi connectivity index (χ2v) is 4.23. The number of H-pyrrole nitrogens is 1. The second-order valence-electron chi connectivity index (χ2n) is 4.23. The number of aromatic nitrogens is 2. The second kappa shape index (κ2) is 4.99. The van der Waals surface area contributed by atoms with Crippen molar-refractivity contribution in [3.05, 3.63) is 12.4 Å². The van der Waals surface area contributed by atoms with Crippen LogP contribution in [0.1, 0.15) is 19.8 Å². The third-order valence-corrected chi connectivity index (χ3v) is 2.98. The Bertz CT molecular complexity index is 402. The average molecular weight is 236 g/mol. The molecule has 17 heavy (non-hydrogen) atoms. The zero-order valence-corrected chi connectivity index (χ0v) is 9.77. The molecular formula is C11H16N4O2. The van der Waals surface area contributed by atoms with Crippen LogP contribution in [-0.2, 0) is 9.59 Å². The van der Waals surface area contributed by atoms with Crippen molar-refractivity contribution in [3.63, 3.8) is 0 Å². The lowest BCUT2D eigenvalue weighted by molar-refractivity contribution is -0.132. The number of aromatic amines is 1. The van der Waals surface area contributed by atoms with Crippen LogP contribution in [0.5, 0.6) is 0 Å². The van der Waals surface area contributed by atoms with Crippen LogP contribution in [0.4, 0.5) is 5.95 Å². The topological polar surface area (TPSA) is 78.1 Å². The number of carbonyl (C=O) groups excluding carboxylic acids is 2. The van der Waals surface area contributed by atoms with Gasteiger partial charge in [-0.15, -0.1) is 0 Å². The summed E-state index contributed by atoms with van der Waals surface area (Å²) in [5.74, 6) is 0.263. The van der Waals surface area contributed by atoms with E-state index in [1.165, 1.54) is 6.92 Å². The van der Waals surface area contributed by atoms with Crippen molar-refractivity contribution >= 4 is 17.8 Å². The number of imidazole rings is 1. The number of piperidine rings is 1. The Kier molecular flexibility index (Phi) is 3.41. The van der Waals surface area contributed by atoms with E-state index in [0.717, 1.165) is 19.4 Å². The first-order valence-electron chi connectivity index (χ1n) is 5.72. The zero-order chi connectivity index (χ0) is 12.3. The van der Waals surface area contributed by atoms with E-state index in [9.17, 15) is 9.59 Å². The number of hydrogen-bond acceptors (Lipinski definition) is 3. The van der Waals surface area contributed by atoms with Crippen LogP contribution < -0.4 is 5.32 Å². The molecule has 0 radical (unpaired) electrons. The molecule has 0 saturated carbocycles. The molecule has 2 amide bonds. The molecule has 0 aromatic carbocycles. The van der Waals surface area contributed by atoms with Crippen LogP contribution in [0.25, 0.3) is 0 Å². The number of nitrogens with zero attached hydrogens (tertiary/aromatic N) is 2. The minimum Gasteiger partial charge on any atom is -0.342 e. The average Bonchev–Trinajstić information content (AvgIpc) is 2.82. The highest BCUT2D eigenvalue weighted by Gasteiger charge is 2.27. The molecule has 0 bridgehead atoms. The van der Waals surface area contributed by atoms with Gasteiger partial charge < -0.3 is 9.88 Å². The van der Waals surface area contributed by atoms with Gasteiger partial charge in [-0.25, -0.2) is 4.98 Å². The van der Waals surface area contributed by atoms with Gasteiger partial charge in [0.2, 0.25) is 17.8 Å². The van der Waals surface area contributed by atoms with E-state index in [0.29, 0.717) is 12.5 Å². The molecule has 1 atom stereocenters. The van der Waals surface area contributed by atoms with E-state index >= 15 is 0 Å². The number of carbonyl (C=O) groups is 2. The van der Waals surface area contributed by atoms with Crippen LogP contribution in [0.2, 0.25) is 0 Å². The molecule has 1 unspecified atom stereocenters. The van der Waals surface area contributed by atoms with Gasteiger partial charge in [-0.2, -0.15) is 0 Å². The van der Waals surface area contributed by atoms with Gasteiger partial charge >= 0.3 is 0 Å². The molecule has 1 fully saturated rings. The number of hydrogen-bond donors (Lipinski definition) is 2. The van der Waals surface area contributed by atoms with E-state index in [2.05, 4.69) is 15.3 Å². The fourth-order valence-corrected chi connectivity index (χ4v) is 2.03. The smallest absolute Gasteiger partial charge is 0.231 e. The molecule has 1 aliphatic heterocycles. The van der Waals surface area contributed by atoms with Crippen molar-refractivity contribution in [2.75, 3.05) is 18.4 Å². The van der Waals surface area contributed by atoms with Gasteiger partial charge in [-0.1, -0.05) is 0 Å². The highest BCUT2D eigenvalue weighted by molar-refractivity contribution is 5.91. The van der Waals surface area contributed by atoms with Gasteiger partial charge in [0.1, 0.15) is 0 Å². The van der Waals surface area contributed by atoms with Crippen LogP contribution >= 0.6 is 0 Å². The van der Waals surface area contributed by atoms with Crippen LogP contribution in [0.15, 0.2) is 12.4 Å². The third-order valence-electron chi connectivity index (χ3n) is 2.98. The highest BCUT2D eigenvalue weighted by Crippen LogP contribution is 2.17. The number of likely N-dealkylation sites (tertiary alicyclic amines) is 1. The summed E-state index contributed by atoms with van der Waals surface area (Å²) in [6, 6.07) is 0. The van der Waals surface area contributed by atoms with Gasteiger partial charge in [0, 0.05) is 32.4 Å². The lowest BCUT2D eigenvalue weighted by Crippen LogP contribution is -2.42. The van der Waals surface area contributed by atoms with Crippen molar-refractivity contribution < 1.29 is 9.59 Å². The fourth-order valence-electron chi connectivity index (χ4n) is 2.03. The monoisotopic (exact) mass is 236 g/mol. The molecule has 0 spiro atoms. The lowest BCUT2D eigenvalue weighted by atomic mass is 9.97. The molecule has 6 nitrogen and oxygen atoms in total. The van der Waals surface area contributed by atoms with E-state index in [1.807, 2.05) is 0 Å².